The summed E-state index contributed by atoms with van der Waals surface area (Å²) in [5.74, 6) is 0.205. The number of hydrazone groups is 1. The highest BCUT2D eigenvalue weighted by Gasteiger charge is 2.13. The van der Waals surface area contributed by atoms with Crippen LogP contribution in [-0.2, 0) is 0 Å². The summed E-state index contributed by atoms with van der Waals surface area (Å²) in [6.07, 6.45) is 1.57. The second-order valence-electron chi connectivity index (χ2n) is 6.37. The van der Waals surface area contributed by atoms with Crippen LogP contribution in [0.25, 0.3) is 0 Å². The molecule has 0 bridgehead atoms. The molecule has 0 radical (unpaired) electrons. The lowest BCUT2D eigenvalue weighted by molar-refractivity contribution is 0.0728. The largest absolute Gasteiger partial charge is 0.490 e. The van der Waals surface area contributed by atoms with Gasteiger partial charge in [-0.25, -0.2) is 4.79 Å². The molecule has 164 valence electrons. The van der Waals surface area contributed by atoms with Gasteiger partial charge in [0, 0.05) is 15.7 Å². The van der Waals surface area contributed by atoms with Crippen molar-refractivity contribution in [2.75, 3.05) is 11.9 Å². The smallest absolute Gasteiger partial charge is 0.343 e. The molecule has 9 heteroatoms. The monoisotopic (exact) mass is 487 g/mol. The summed E-state index contributed by atoms with van der Waals surface area (Å²) in [6, 6.07) is 18.7. The zero-order chi connectivity index (χ0) is 22.9. The second-order valence-corrected chi connectivity index (χ2v) is 7.65. The Bertz CT molecular complexity index is 1140. The molecule has 0 fully saturated rings. The van der Waals surface area contributed by atoms with Crippen LogP contribution in [0.2, 0.25) is 10.0 Å². The maximum atomic E-state index is 12.4. The molecule has 32 heavy (non-hydrogen) atoms. The number of carbonyl (C=O) groups excluding carboxylic acids is 1. The van der Waals surface area contributed by atoms with Crippen molar-refractivity contribution in [2.24, 2.45) is 5.10 Å². The quantitative estimate of drug-likeness (QED) is 0.141. The number of rotatable bonds is 7. The molecule has 2 N–H and O–H groups in total. The molecule has 0 aliphatic carbocycles. The topological polar surface area (TPSA) is 71.9 Å². The number of halogens is 2. The van der Waals surface area contributed by atoms with E-state index in [0.29, 0.717) is 38.8 Å². The summed E-state index contributed by atoms with van der Waals surface area (Å²) in [4.78, 5) is 12.4. The average Bonchev–Trinajstić information content (AvgIpc) is 2.76. The fourth-order valence-electron chi connectivity index (χ4n) is 2.59. The number of anilines is 1. The third-order valence-corrected chi connectivity index (χ3v) is 4.69. The molecule has 0 aromatic heterocycles. The molecule has 0 unspecified atom stereocenters. The van der Waals surface area contributed by atoms with E-state index in [1.807, 2.05) is 19.1 Å². The van der Waals surface area contributed by atoms with E-state index in [0.717, 1.165) is 11.3 Å². The van der Waals surface area contributed by atoms with Crippen LogP contribution in [0.15, 0.2) is 71.8 Å². The van der Waals surface area contributed by atoms with Crippen LogP contribution in [0.5, 0.6) is 11.5 Å². The molecular formula is C23H19Cl2N3O3S. The molecule has 0 spiro atoms. The van der Waals surface area contributed by atoms with Crippen LogP contribution < -0.4 is 20.2 Å². The van der Waals surface area contributed by atoms with E-state index in [1.165, 1.54) is 0 Å². The van der Waals surface area contributed by atoms with Crippen LogP contribution >= 0.6 is 35.4 Å². The molecule has 3 aromatic carbocycles. The molecular weight excluding hydrogens is 469 g/mol. The molecule has 0 aliphatic rings. The predicted octanol–water partition coefficient (Wildman–Crippen LogP) is 5.93. The molecule has 0 saturated carbocycles. The van der Waals surface area contributed by atoms with Crippen molar-refractivity contribution in [1.29, 1.82) is 0 Å². The second kappa shape index (κ2) is 11.5. The molecule has 0 amide bonds. The van der Waals surface area contributed by atoms with Crippen molar-refractivity contribution in [1.82, 2.24) is 5.43 Å². The molecule has 0 heterocycles. The minimum atomic E-state index is -0.511. The van der Waals surface area contributed by atoms with Gasteiger partial charge in [0.25, 0.3) is 0 Å². The SMILES string of the molecule is CCOc1cc(/C=N\NC(=S)Nc2cccc(Cl)c2)ccc1OC(=O)c1ccc(Cl)cc1. The molecule has 0 aliphatic heterocycles. The lowest BCUT2D eigenvalue weighted by Crippen LogP contribution is -2.23. The highest BCUT2D eigenvalue weighted by atomic mass is 35.5. The number of hydrogen-bond acceptors (Lipinski definition) is 5. The minimum Gasteiger partial charge on any atom is -0.490 e. The van der Waals surface area contributed by atoms with Gasteiger partial charge in [-0.3, -0.25) is 5.43 Å². The van der Waals surface area contributed by atoms with E-state index in [4.69, 9.17) is 44.9 Å². The van der Waals surface area contributed by atoms with Crippen molar-refractivity contribution >= 4 is 58.4 Å². The zero-order valence-corrected chi connectivity index (χ0v) is 19.3. The summed E-state index contributed by atoms with van der Waals surface area (Å²) < 4.78 is 11.1. The lowest BCUT2D eigenvalue weighted by Gasteiger charge is -2.11. The predicted molar refractivity (Wildman–Crippen MR) is 132 cm³/mol. The van der Waals surface area contributed by atoms with Crippen molar-refractivity contribution in [3.05, 3.63) is 87.9 Å². The first-order valence-corrected chi connectivity index (χ1v) is 10.7. The number of thiocarbonyl (C=S) groups is 1. The van der Waals surface area contributed by atoms with Gasteiger partial charge in [-0.2, -0.15) is 5.10 Å². The number of benzene rings is 3. The Morgan fingerprint density at radius 1 is 1.03 bits per heavy atom. The Morgan fingerprint density at radius 2 is 1.81 bits per heavy atom. The van der Waals surface area contributed by atoms with E-state index in [1.54, 1.807) is 60.8 Å². The normalized spacial score (nSPS) is 10.6. The van der Waals surface area contributed by atoms with Gasteiger partial charge >= 0.3 is 5.97 Å². The summed E-state index contributed by atoms with van der Waals surface area (Å²) in [6.45, 7) is 2.24. The van der Waals surface area contributed by atoms with E-state index in [9.17, 15) is 4.79 Å². The van der Waals surface area contributed by atoms with E-state index < -0.39 is 5.97 Å². The van der Waals surface area contributed by atoms with Crippen molar-refractivity contribution < 1.29 is 14.3 Å². The number of nitrogens with one attached hydrogen (secondary N) is 2. The van der Waals surface area contributed by atoms with Crippen LogP contribution in [0, 0.1) is 0 Å². The van der Waals surface area contributed by atoms with Gasteiger partial charge in [0.05, 0.1) is 18.4 Å². The first kappa shape index (κ1) is 23.5. The third-order valence-electron chi connectivity index (χ3n) is 4.01. The minimum absolute atomic E-state index is 0.301. The summed E-state index contributed by atoms with van der Waals surface area (Å²) in [7, 11) is 0. The van der Waals surface area contributed by atoms with Crippen molar-refractivity contribution in [3.8, 4) is 11.5 Å². The fourth-order valence-corrected chi connectivity index (χ4v) is 3.08. The molecule has 0 saturated heterocycles. The van der Waals surface area contributed by atoms with Gasteiger partial charge in [-0.05, 0) is 85.4 Å². The van der Waals surface area contributed by atoms with Gasteiger partial charge in [0.1, 0.15) is 0 Å². The Hall–Kier alpha value is -3.13. The average molecular weight is 488 g/mol. The van der Waals surface area contributed by atoms with E-state index in [2.05, 4.69) is 15.8 Å². The van der Waals surface area contributed by atoms with Gasteiger partial charge in [-0.1, -0.05) is 29.3 Å². The van der Waals surface area contributed by atoms with Crippen molar-refractivity contribution in [2.45, 2.75) is 6.92 Å². The zero-order valence-electron chi connectivity index (χ0n) is 17.0. The Labute approximate surface area is 201 Å². The summed E-state index contributed by atoms with van der Waals surface area (Å²) >= 11 is 17.0. The van der Waals surface area contributed by atoms with Crippen LogP contribution in [0.3, 0.4) is 0 Å². The molecule has 6 nitrogen and oxygen atoms in total. The lowest BCUT2D eigenvalue weighted by atomic mass is 10.2. The number of esters is 1. The van der Waals surface area contributed by atoms with E-state index >= 15 is 0 Å². The first-order chi connectivity index (χ1) is 15.4. The highest BCUT2D eigenvalue weighted by molar-refractivity contribution is 7.80. The summed E-state index contributed by atoms with van der Waals surface area (Å²) in [5.41, 5.74) is 4.58. The summed E-state index contributed by atoms with van der Waals surface area (Å²) in [5, 5.41) is 8.55. The first-order valence-electron chi connectivity index (χ1n) is 9.55. The highest BCUT2D eigenvalue weighted by Crippen LogP contribution is 2.29. The number of carbonyl (C=O) groups is 1. The molecule has 3 aromatic rings. The Kier molecular flexibility index (Phi) is 8.44. The number of hydrogen-bond donors (Lipinski definition) is 2. The van der Waals surface area contributed by atoms with E-state index in [-0.39, 0.29) is 0 Å². The Balaban J connectivity index is 1.64. The van der Waals surface area contributed by atoms with Crippen molar-refractivity contribution in [3.63, 3.8) is 0 Å². The maximum Gasteiger partial charge on any atom is 0.343 e. The maximum absolute atomic E-state index is 12.4. The molecule has 0 atom stereocenters. The van der Waals surface area contributed by atoms with Crippen LogP contribution in [0.1, 0.15) is 22.8 Å². The van der Waals surface area contributed by atoms with Gasteiger partial charge in [-0.15, -0.1) is 0 Å². The number of ether oxygens (including phenoxy) is 2. The third kappa shape index (κ3) is 6.95. The van der Waals surface area contributed by atoms with Crippen LogP contribution in [-0.4, -0.2) is 23.9 Å². The molecule has 3 rings (SSSR count). The van der Waals surface area contributed by atoms with Crippen LogP contribution in [0.4, 0.5) is 5.69 Å². The fraction of sp³-hybridized carbons (Fsp3) is 0.0870. The van der Waals surface area contributed by atoms with Gasteiger partial charge in [0.15, 0.2) is 16.6 Å². The van der Waals surface area contributed by atoms with Gasteiger partial charge < -0.3 is 14.8 Å². The Morgan fingerprint density at radius 3 is 2.53 bits per heavy atom. The standard InChI is InChI=1S/C23H19Cl2N3O3S/c1-2-30-21-12-15(14-26-28-23(32)27-19-5-3-4-18(25)13-19)6-11-20(21)31-22(29)16-7-9-17(24)10-8-16/h3-14H,2H2,1H3,(H2,27,28,32)/b26-14-. The van der Waals surface area contributed by atoms with Gasteiger partial charge in [0.2, 0.25) is 0 Å². The number of nitrogens with zero attached hydrogens (tertiary/aromatic N) is 1.